The Labute approximate surface area is 41.5 Å². The number of nitriles is 1. The molecule has 0 unspecified atom stereocenters. The molecule has 0 N–H and O–H groups in total. The summed E-state index contributed by atoms with van der Waals surface area (Å²) < 4.78 is 15.5. The van der Waals surface area contributed by atoms with Crippen molar-refractivity contribution in [3.05, 3.63) is 0 Å². The fourth-order valence-electron chi connectivity index (χ4n) is 0.172. The van der Waals surface area contributed by atoms with Gasteiger partial charge in [-0.05, 0) is 0 Å². The number of nitrogens with zero attached hydrogens (tertiary/aromatic N) is 1. The number of ether oxygens (including phenoxy) is 1. The molecule has 0 saturated heterocycles. The molecule has 0 heterocycles. The maximum Gasteiger partial charge on any atom is 0.133 e. The largest absolute Gasteiger partial charge is 0.364 e. The van der Waals surface area contributed by atoms with E-state index >= 15 is 0 Å². The predicted octanol–water partition coefficient (Wildman–Crippen LogP) is 0.496. The minimum absolute atomic E-state index is 0.0100. The van der Waals surface area contributed by atoms with Crippen LogP contribution < -0.4 is 0 Å². The van der Waals surface area contributed by atoms with Crippen molar-refractivity contribution in [3.8, 4) is 6.07 Å². The summed E-state index contributed by atoms with van der Waals surface area (Å²) in [6, 6.07) is 1.71. The van der Waals surface area contributed by atoms with E-state index in [-0.39, 0.29) is 13.2 Å². The van der Waals surface area contributed by atoms with Crippen LogP contribution in [0.25, 0.3) is 0 Å². The first kappa shape index (κ1) is 6.38. The molecule has 0 atom stereocenters. The van der Waals surface area contributed by atoms with Gasteiger partial charge in [-0.15, -0.1) is 0 Å². The second kappa shape index (κ2) is 5.38. The van der Waals surface area contributed by atoms with Crippen molar-refractivity contribution in [2.24, 2.45) is 0 Å². The van der Waals surface area contributed by atoms with Crippen LogP contribution in [0.4, 0.5) is 4.39 Å². The lowest BCUT2D eigenvalue weighted by molar-refractivity contribution is 0.147. The fraction of sp³-hybridized carbons (Fsp3) is 0.750. The fourth-order valence-corrected chi connectivity index (χ4v) is 0.172. The Morgan fingerprint density at radius 2 is 2.43 bits per heavy atom. The average Bonchev–Trinajstić information content (AvgIpc) is 1.69. The third-order valence-corrected chi connectivity index (χ3v) is 0.388. The molecule has 0 radical (unpaired) electrons. The number of halogens is 1. The van der Waals surface area contributed by atoms with Crippen LogP contribution in [0.15, 0.2) is 0 Å². The molecule has 2 nitrogen and oxygen atoms in total. The normalized spacial score (nSPS) is 8.00. The first-order chi connectivity index (χ1) is 3.41. The molecule has 3 heteroatoms. The van der Waals surface area contributed by atoms with Crippen molar-refractivity contribution in [1.29, 1.82) is 5.26 Å². The summed E-state index contributed by atoms with van der Waals surface area (Å²) in [5.41, 5.74) is 0. The monoisotopic (exact) mass is 103 g/mol. The summed E-state index contributed by atoms with van der Waals surface area (Å²) in [7, 11) is 0. The SMILES string of the molecule is N#CCOCCF. The van der Waals surface area contributed by atoms with Crippen LogP contribution in [0.3, 0.4) is 0 Å². The van der Waals surface area contributed by atoms with Crippen molar-refractivity contribution in [1.82, 2.24) is 0 Å². The summed E-state index contributed by atoms with van der Waals surface area (Å²) in [5, 5.41) is 7.80. The summed E-state index contributed by atoms with van der Waals surface area (Å²) in [4.78, 5) is 0. The van der Waals surface area contributed by atoms with Gasteiger partial charge in [0.25, 0.3) is 0 Å². The quantitative estimate of drug-likeness (QED) is 0.487. The zero-order chi connectivity index (χ0) is 5.54. The van der Waals surface area contributed by atoms with E-state index in [1.165, 1.54) is 0 Å². The zero-order valence-electron chi connectivity index (χ0n) is 3.85. The number of rotatable bonds is 3. The molecular weight excluding hydrogens is 97.0 g/mol. The summed E-state index contributed by atoms with van der Waals surface area (Å²) in [5.74, 6) is 0. The Hall–Kier alpha value is -0.620. The Bertz CT molecular complexity index is 68.6. The van der Waals surface area contributed by atoms with Crippen LogP contribution >= 0.6 is 0 Å². The van der Waals surface area contributed by atoms with Crippen molar-refractivity contribution in [2.45, 2.75) is 0 Å². The highest BCUT2D eigenvalue weighted by molar-refractivity contribution is 4.65. The summed E-state index contributed by atoms with van der Waals surface area (Å²) in [6.07, 6.45) is 0. The third kappa shape index (κ3) is 5.38. The first-order valence-corrected chi connectivity index (χ1v) is 1.92. The van der Waals surface area contributed by atoms with Crippen molar-refractivity contribution in [3.63, 3.8) is 0 Å². The molecule has 0 bridgehead atoms. The van der Waals surface area contributed by atoms with Crippen LogP contribution in [0.2, 0.25) is 0 Å². The van der Waals surface area contributed by atoms with Gasteiger partial charge in [-0.25, -0.2) is 4.39 Å². The Morgan fingerprint density at radius 1 is 1.71 bits per heavy atom. The van der Waals surface area contributed by atoms with Gasteiger partial charge in [0.1, 0.15) is 13.3 Å². The van der Waals surface area contributed by atoms with Crippen LogP contribution in [0.1, 0.15) is 0 Å². The van der Waals surface area contributed by atoms with Gasteiger partial charge in [-0.2, -0.15) is 5.26 Å². The molecule has 0 amide bonds. The smallest absolute Gasteiger partial charge is 0.133 e. The molecule has 0 aromatic heterocycles. The molecule has 0 aliphatic rings. The van der Waals surface area contributed by atoms with Crippen molar-refractivity contribution < 1.29 is 9.13 Å². The van der Waals surface area contributed by atoms with Crippen LogP contribution in [0.5, 0.6) is 0 Å². The topological polar surface area (TPSA) is 33.0 Å². The van der Waals surface area contributed by atoms with Gasteiger partial charge >= 0.3 is 0 Å². The highest BCUT2D eigenvalue weighted by Gasteiger charge is 1.79. The van der Waals surface area contributed by atoms with E-state index < -0.39 is 6.67 Å². The highest BCUT2D eigenvalue weighted by Crippen LogP contribution is 1.71. The molecule has 0 aliphatic carbocycles. The van der Waals surface area contributed by atoms with Gasteiger partial charge < -0.3 is 4.74 Å². The maximum atomic E-state index is 11.1. The van der Waals surface area contributed by atoms with Gasteiger partial charge in [0.2, 0.25) is 0 Å². The van der Waals surface area contributed by atoms with E-state index in [4.69, 9.17) is 5.26 Å². The number of hydrogen-bond donors (Lipinski definition) is 0. The second-order valence-corrected chi connectivity index (χ2v) is 0.900. The van der Waals surface area contributed by atoms with E-state index in [1.54, 1.807) is 6.07 Å². The Kier molecular flexibility index (Phi) is 4.90. The molecule has 0 aromatic carbocycles. The standard InChI is InChI=1S/C4H6FNO/c5-1-3-7-4-2-6/h1,3-4H2. The summed E-state index contributed by atoms with van der Waals surface area (Å²) >= 11 is 0. The number of alkyl halides is 1. The van der Waals surface area contributed by atoms with E-state index in [0.29, 0.717) is 0 Å². The van der Waals surface area contributed by atoms with Gasteiger partial charge in [-0.3, -0.25) is 0 Å². The van der Waals surface area contributed by atoms with Crippen molar-refractivity contribution in [2.75, 3.05) is 19.9 Å². The van der Waals surface area contributed by atoms with Gasteiger partial charge in [0.05, 0.1) is 12.7 Å². The Morgan fingerprint density at radius 3 is 2.86 bits per heavy atom. The van der Waals surface area contributed by atoms with Crippen LogP contribution in [-0.4, -0.2) is 19.9 Å². The Balaban J connectivity index is 2.60. The van der Waals surface area contributed by atoms with E-state index in [2.05, 4.69) is 4.74 Å². The molecule has 0 aliphatic heterocycles. The van der Waals surface area contributed by atoms with Gasteiger partial charge in [0, 0.05) is 0 Å². The minimum atomic E-state index is -0.512. The molecule has 0 fully saturated rings. The maximum absolute atomic E-state index is 11.1. The van der Waals surface area contributed by atoms with Gasteiger partial charge in [0.15, 0.2) is 0 Å². The van der Waals surface area contributed by atoms with E-state index in [1.807, 2.05) is 0 Å². The lowest BCUT2D eigenvalue weighted by Crippen LogP contribution is -1.94. The molecule has 40 valence electrons. The zero-order valence-corrected chi connectivity index (χ0v) is 3.85. The molecule has 0 spiro atoms. The highest BCUT2D eigenvalue weighted by atomic mass is 19.1. The molecule has 0 aromatic rings. The lowest BCUT2D eigenvalue weighted by atomic mass is 10.8. The minimum Gasteiger partial charge on any atom is -0.364 e. The second-order valence-electron chi connectivity index (χ2n) is 0.900. The van der Waals surface area contributed by atoms with Gasteiger partial charge in [-0.1, -0.05) is 0 Å². The molecular formula is C4H6FNO. The molecule has 0 rings (SSSR count). The lowest BCUT2D eigenvalue weighted by Gasteiger charge is -1.87. The number of hydrogen-bond acceptors (Lipinski definition) is 2. The molecule has 7 heavy (non-hydrogen) atoms. The predicted molar refractivity (Wildman–Crippen MR) is 22.4 cm³/mol. The van der Waals surface area contributed by atoms with Crippen LogP contribution in [0, 0.1) is 11.3 Å². The average molecular weight is 103 g/mol. The van der Waals surface area contributed by atoms with E-state index in [0.717, 1.165) is 0 Å². The van der Waals surface area contributed by atoms with Crippen LogP contribution in [-0.2, 0) is 4.74 Å². The van der Waals surface area contributed by atoms with E-state index in [9.17, 15) is 4.39 Å². The summed E-state index contributed by atoms with van der Waals surface area (Å²) in [6.45, 7) is -0.487. The third-order valence-electron chi connectivity index (χ3n) is 0.388. The molecule has 0 saturated carbocycles. The van der Waals surface area contributed by atoms with Crippen molar-refractivity contribution >= 4 is 0 Å². The first-order valence-electron chi connectivity index (χ1n) is 1.92.